The van der Waals surface area contributed by atoms with Gasteiger partial charge >= 0.3 is 0 Å². The fourth-order valence-corrected chi connectivity index (χ4v) is 4.13. The fraction of sp³-hybridized carbons (Fsp3) is 0.200. The second-order valence-electron chi connectivity index (χ2n) is 8.97. The van der Waals surface area contributed by atoms with E-state index in [-0.39, 0.29) is 17.6 Å². The number of hydrogen-bond donors (Lipinski definition) is 3. The largest absolute Gasteiger partial charge is 0.508 e. The van der Waals surface area contributed by atoms with Gasteiger partial charge in [0, 0.05) is 11.1 Å². The number of hydrogen-bond acceptors (Lipinski definition) is 14. The molecule has 0 aliphatic rings. The number of aromatic nitrogens is 8. The van der Waals surface area contributed by atoms with Crippen molar-refractivity contribution in [3.63, 3.8) is 0 Å². The maximum Gasteiger partial charge on any atom is 0.247 e. The molecule has 6 rings (SSSR count). The highest BCUT2D eigenvalue weighted by atomic mass is 16.5. The topological polar surface area (TPSA) is 203 Å². The molecule has 44 heavy (non-hydrogen) atoms. The van der Waals surface area contributed by atoms with Gasteiger partial charge < -0.3 is 30.8 Å². The van der Waals surface area contributed by atoms with Crippen LogP contribution in [0.2, 0.25) is 0 Å². The summed E-state index contributed by atoms with van der Waals surface area (Å²) < 4.78 is 16.6. The van der Waals surface area contributed by atoms with Crippen LogP contribution >= 0.6 is 0 Å². The normalized spacial score (nSPS) is 10.7. The van der Waals surface area contributed by atoms with Crippen LogP contribution in [0.15, 0.2) is 60.9 Å². The maximum absolute atomic E-state index is 9.33. The number of benzene rings is 2. The van der Waals surface area contributed by atoms with Crippen molar-refractivity contribution in [2.24, 2.45) is 0 Å². The molecule has 0 atom stereocenters. The second kappa shape index (κ2) is 13.4. The van der Waals surface area contributed by atoms with Gasteiger partial charge in [0.25, 0.3) is 0 Å². The van der Waals surface area contributed by atoms with Crippen molar-refractivity contribution in [3.8, 4) is 45.8 Å². The second-order valence-corrected chi connectivity index (χ2v) is 8.97. The zero-order valence-corrected chi connectivity index (χ0v) is 24.3. The standard InChI is InChI=1S/C16H17N5O2.C14H13N5O2/c1-3-22-12-8-6-5-7-10(12)11-9-18-14-13(19-11)15(23-4-2)21-16(17)20-14;1-2-21-13-11-12(18-14(15)19-13)16-7-10(17-11)8-3-5-9(20)6-4-8/h5-9H,3-4H2,1-2H3,(H2,17,18,20,21);3-7,20H,2H2,1H3,(H2,15,16,18,19). The summed E-state index contributed by atoms with van der Waals surface area (Å²) in [6.07, 6.45) is 3.24. The Bertz CT molecular complexity index is 1900. The number of nitrogens with two attached hydrogens (primary N) is 2. The molecule has 0 radical (unpaired) electrons. The summed E-state index contributed by atoms with van der Waals surface area (Å²) in [7, 11) is 0. The van der Waals surface area contributed by atoms with E-state index in [4.69, 9.17) is 25.7 Å². The molecule has 14 nitrogen and oxygen atoms in total. The van der Waals surface area contributed by atoms with Crippen molar-refractivity contribution in [1.29, 1.82) is 0 Å². The molecule has 4 heterocycles. The van der Waals surface area contributed by atoms with E-state index >= 15 is 0 Å². The van der Waals surface area contributed by atoms with Crippen LogP contribution in [0, 0.1) is 0 Å². The number of phenols is 1. The molecular formula is C30H30N10O4. The average molecular weight is 595 g/mol. The number of rotatable bonds is 8. The first kappa shape index (κ1) is 29.6. The SMILES string of the molecule is CCOc1ccccc1-c1cnc2nc(N)nc(OCC)c2n1.CCOc1nc(N)nc2ncc(-c3ccc(O)cc3)nc12. The fourth-order valence-electron chi connectivity index (χ4n) is 4.13. The summed E-state index contributed by atoms with van der Waals surface area (Å²) >= 11 is 0. The highest BCUT2D eigenvalue weighted by Crippen LogP contribution is 2.30. The summed E-state index contributed by atoms with van der Waals surface area (Å²) in [6, 6.07) is 14.3. The van der Waals surface area contributed by atoms with Crippen LogP contribution in [0.5, 0.6) is 23.3 Å². The van der Waals surface area contributed by atoms with Gasteiger partial charge in [0.05, 0.1) is 43.6 Å². The Morgan fingerprint density at radius 2 is 1.14 bits per heavy atom. The minimum Gasteiger partial charge on any atom is -0.508 e. The molecule has 0 saturated heterocycles. The highest BCUT2D eigenvalue weighted by molar-refractivity contribution is 5.81. The Morgan fingerprint density at radius 1 is 0.614 bits per heavy atom. The van der Waals surface area contributed by atoms with Crippen LogP contribution in [0.1, 0.15) is 20.8 Å². The Kier molecular flexibility index (Phi) is 8.99. The molecular weight excluding hydrogens is 564 g/mol. The quantitative estimate of drug-likeness (QED) is 0.226. The molecule has 0 amide bonds. The lowest BCUT2D eigenvalue weighted by atomic mass is 10.1. The van der Waals surface area contributed by atoms with Gasteiger partial charge in [-0.2, -0.15) is 19.9 Å². The predicted octanol–water partition coefficient (Wildman–Crippen LogP) is 4.24. The number of anilines is 2. The van der Waals surface area contributed by atoms with Gasteiger partial charge in [-0.15, -0.1) is 0 Å². The number of para-hydroxylation sites is 1. The van der Waals surface area contributed by atoms with Gasteiger partial charge in [-0.1, -0.05) is 12.1 Å². The first-order valence-electron chi connectivity index (χ1n) is 13.8. The lowest BCUT2D eigenvalue weighted by Gasteiger charge is -2.10. The lowest BCUT2D eigenvalue weighted by molar-refractivity contribution is 0.330. The van der Waals surface area contributed by atoms with E-state index in [9.17, 15) is 5.11 Å². The highest BCUT2D eigenvalue weighted by Gasteiger charge is 2.15. The van der Waals surface area contributed by atoms with Gasteiger partial charge in [0.1, 0.15) is 11.5 Å². The van der Waals surface area contributed by atoms with Gasteiger partial charge in [-0.3, -0.25) is 0 Å². The van der Waals surface area contributed by atoms with Gasteiger partial charge in [0.15, 0.2) is 22.3 Å². The van der Waals surface area contributed by atoms with E-state index in [0.717, 1.165) is 16.9 Å². The predicted molar refractivity (Wildman–Crippen MR) is 165 cm³/mol. The van der Waals surface area contributed by atoms with Crippen molar-refractivity contribution >= 4 is 34.2 Å². The Morgan fingerprint density at radius 3 is 1.70 bits per heavy atom. The molecule has 0 spiro atoms. The van der Waals surface area contributed by atoms with E-state index < -0.39 is 0 Å². The van der Waals surface area contributed by atoms with E-state index in [1.54, 1.807) is 36.7 Å². The summed E-state index contributed by atoms with van der Waals surface area (Å²) in [5.41, 5.74) is 16.0. The molecule has 5 N–H and O–H groups in total. The van der Waals surface area contributed by atoms with Crippen molar-refractivity contribution < 1.29 is 19.3 Å². The molecule has 6 aromatic rings. The monoisotopic (exact) mass is 594 g/mol. The lowest BCUT2D eigenvalue weighted by Crippen LogP contribution is -2.04. The zero-order chi connectivity index (χ0) is 31.1. The molecule has 4 aromatic heterocycles. The summed E-state index contributed by atoms with van der Waals surface area (Å²) in [6.45, 7) is 7.12. The molecule has 0 saturated carbocycles. The van der Waals surface area contributed by atoms with Gasteiger partial charge in [0.2, 0.25) is 23.7 Å². The average Bonchev–Trinajstić information content (AvgIpc) is 3.02. The molecule has 14 heteroatoms. The molecule has 0 bridgehead atoms. The molecule has 0 unspecified atom stereocenters. The van der Waals surface area contributed by atoms with Crippen molar-refractivity contribution in [1.82, 2.24) is 39.9 Å². The Balaban J connectivity index is 0.000000175. The van der Waals surface area contributed by atoms with E-state index in [1.807, 2.05) is 45.0 Å². The van der Waals surface area contributed by atoms with Crippen molar-refractivity contribution in [3.05, 3.63) is 60.9 Å². The summed E-state index contributed by atoms with van der Waals surface area (Å²) in [5.74, 6) is 1.79. The van der Waals surface area contributed by atoms with Crippen molar-refractivity contribution in [2.45, 2.75) is 20.8 Å². The smallest absolute Gasteiger partial charge is 0.247 e. The summed E-state index contributed by atoms with van der Waals surface area (Å²) in [5, 5.41) is 9.33. The first-order valence-corrected chi connectivity index (χ1v) is 13.8. The third-order valence-corrected chi connectivity index (χ3v) is 5.97. The van der Waals surface area contributed by atoms with Crippen LogP contribution in [0.4, 0.5) is 11.9 Å². The molecule has 224 valence electrons. The molecule has 0 fully saturated rings. The van der Waals surface area contributed by atoms with Crippen molar-refractivity contribution in [2.75, 3.05) is 31.3 Å². The Hall–Kier alpha value is -5.92. The van der Waals surface area contributed by atoms with E-state index in [2.05, 4.69) is 39.9 Å². The van der Waals surface area contributed by atoms with Gasteiger partial charge in [-0.05, 0) is 57.2 Å². The van der Waals surface area contributed by atoms with Crippen LogP contribution in [0.25, 0.3) is 44.8 Å². The van der Waals surface area contributed by atoms with Crippen LogP contribution in [-0.4, -0.2) is 64.8 Å². The number of ether oxygens (including phenoxy) is 3. The third-order valence-electron chi connectivity index (χ3n) is 5.97. The zero-order valence-electron chi connectivity index (χ0n) is 24.3. The van der Waals surface area contributed by atoms with Crippen LogP contribution < -0.4 is 25.7 Å². The van der Waals surface area contributed by atoms with Crippen LogP contribution in [-0.2, 0) is 0 Å². The third kappa shape index (κ3) is 6.59. The van der Waals surface area contributed by atoms with Crippen LogP contribution in [0.3, 0.4) is 0 Å². The minimum absolute atomic E-state index is 0.0950. The summed E-state index contributed by atoms with van der Waals surface area (Å²) in [4.78, 5) is 33.9. The Labute approximate surface area is 252 Å². The number of nitrogen functional groups attached to an aromatic ring is 2. The number of fused-ring (bicyclic) bond motifs is 2. The molecule has 0 aliphatic heterocycles. The van der Waals surface area contributed by atoms with E-state index in [0.29, 0.717) is 65.3 Å². The van der Waals surface area contributed by atoms with E-state index in [1.165, 1.54) is 0 Å². The number of aromatic hydroxyl groups is 1. The first-order chi connectivity index (χ1) is 21.4. The minimum atomic E-state index is 0.0950. The maximum atomic E-state index is 9.33. The molecule has 0 aliphatic carbocycles. The number of phenolic OH excluding ortho intramolecular Hbond substituents is 1. The number of nitrogens with zero attached hydrogens (tertiary/aromatic N) is 8. The van der Waals surface area contributed by atoms with Gasteiger partial charge in [-0.25, -0.2) is 19.9 Å². The molecule has 2 aromatic carbocycles.